The van der Waals surface area contributed by atoms with E-state index in [-0.39, 0.29) is 5.91 Å². The topological polar surface area (TPSA) is 56.9 Å². The first kappa shape index (κ1) is 18.3. The van der Waals surface area contributed by atoms with E-state index in [4.69, 9.17) is 4.42 Å². The number of aliphatic hydroxyl groups is 1. The Labute approximate surface area is 160 Å². The zero-order chi connectivity index (χ0) is 18.9. The molecule has 2 saturated heterocycles. The van der Waals surface area contributed by atoms with Crippen molar-refractivity contribution in [3.8, 4) is 11.3 Å². The van der Waals surface area contributed by atoms with E-state index in [0.29, 0.717) is 25.2 Å². The Kier molecular flexibility index (Phi) is 5.06. The Balaban J connectivity index is 1.48. The van der Waals surface area contributed by atoms with Crippen molar-refractivity contribution < 1.29 is 14.3 Å². The van der Waals surface area contributed by atoms with Crippen molar-refractivity contribution in [2.24, 2.45) is 0 Å². The number of carbonyl (C=O) groups excluding carboxylic acids is 1. The van der Waals surface area contributed by atoms with Crippen LogP contribution < -0.4 is 0 Å². The fraction of sp³-hybridized carbons (Fsp3) is 0.500. The lowest BCUT2D eigenvalue weighted by Gasteiger charge is -2.41. The SMILES string of the molecule is Cc1ccc(-c2cccc(C(=O)N3CCC[C@](O)(CN4CCCC4)C3)c2)o1. The second-order valence-corrected chi connectivity index (χ2v) is 8.03. The molecule has 0 aliphatic carbocycles. The number of likely N-dealkylation sites (tertiary alicyclic amines) is 2. The van der Waals surface area contributed by atoms with E-state index < -0.39 is 5.60 Å². The monoisotopic (exact) mass is 368 g/mol. The van der Waals surface area contributed by atoms with Gasteiger partial charge in [0.1, 0.15) is 11.5 Å². The van der Waals surface area contributed by atoms with Crippen LogP contribution in [0.25, 0.3) is 11.3 Å². The van der Waals surface area contributed by atoms with Crippen molar-refractivity contribution in [1.82, 2.24) is 9.80 Å². The predicted octanol–water partition coefficient (Wildman–Crippen LogP) is 3.32. The molecule has 0 radical (unpaired) electrons. The van der Waals surface area contributed by atoms with Gasteiger partial charge in [0.2, 0.25) is 0 Å². The predicted molar refractivity (Wildman–Crippen MR) is 105 cm³/mol. The summed E-state index contributed by atoms with van der Waals surface area (Å²) in [5.41, 5.74) is 0.749. The van der Waals surface area contributed by atoms with E-state index in [1.54, 1.807) is 0 Å². The van der Waals surface area contributed by atoms with Gasteiger partial charge in [-0.15, -0.1) is 0 Å². The number of aryl methyl sites for hydroxylation is 1. The van der Waals surface area contributed by atoms with Crippen LogP contribution in [0, 0.1) is 6.92 Å². The van der Waals surface area contributed by atoms with Gasteiger partial charge in [-0.25, -0.2) is 0 Å². The molecule has 0 bridgehead atoms. The third kappa shape index (κ3) is 4.09. The average Bonchev–Trinajstić information content (AvgIpc) is 3.32. The van der Waals surface area contributed by atoms with Crippen LogP contribution in [0.2, 0.25) is 0 Å². The Morgan fingerprint density at radius 2 is 1.96 bits per heavy atom. The number of β-amino-alcohol motifs (C(OH)–C–C–N with tert-alkyl or cyclic N) is 1. The fourth-order valence-electron chi connectivity index (χ4n) is 4.35. The molecular formula is C22H28N2O3. The molecular weight excluding hydrogens is 340 g/mol. The van der Waals surface area contributed by atoms with E-state index in [2.05, 4.69) is 4.90 Å². The molecule has 0 unspecified atom stereocenters. The number of furan rings is 1. The summed E-state index contributed by atoms with van der Waals surface area (Å²) in [6.07, 6.45) is 4.02. The third-order valence-electron chi connectivity index (χ3n) is 5.69. The average molecular weight is 368 g/mol. The van der Waals surface area contributed by atoms with Crippen molar-refractivity contribution >= 4 is 5.91 Å². The maximum atomic E-state index is 13.1. The molecule has 0 saturated carbocycles. The molecule has 2 aliphatic heterocycles. The molecule has 5 heteroatoms. The summed E-state index contributed by atoms with van der Waals surface area (Å²) in [5, 5.41) is 11.1. The Bertz CT molecular complexity index is 809. The minimum Gasteiger partial charge on any atom is -0.461 e. The van der Waals surface area contributed by atoms with Crippen molar-refractivity contribution in [3.05, 3.63) is 47.7 Å². The lowest BCUT2D eigenvalue weighted by atomic mass is 9.91. The van der Waals surface area contributed by atoms with Crippen molar-refractivity contribution in [1.29, 1.82) is 0 Å². The number of benzene rings is 1. The lowest BCUT2D eigenvalue weighted by Crippen LogP contribution is -2.55. The minimum absolute atomic E-state index is 0.0142. The van der Waals surface area contributed by atoms with Gasteiger partial charge in [0.25, 0.3) is 5.91 Å². The van der Waals surface area contributed by atoms with Gasteiger partial charge in [0.05, 0.1) is 12.1 Å². The van der Waals surface area contributed by atoms with Crippen LogP contribution >= 0.6 is 0 Å². The summed E-state index contributed by atoms with van der Waals surface area (Å²) in [6.45, 7) is 5.80. The van der Waals surface area contributed by atoms with E-state index in [9.17, 15) is 9.90 Å². The standard InChI is InChI=1S/C22H28N2O3/c1-17-8-9-20(27-17)18-6-4-7-19(14-18)21(25)24-13-5-10-22(26,16-24)15-23-11-2-3-12-23/h4,6-9,14,26H,2-3,5,10-13,15-16H2,1H3/t22-/m0/s1. The Morgan fingerprint density at radius 3 is 2.70 bits per heavy atom. The number of rotatable bonds is 4. The largest absolute Gasteiger partial charge is 0.461 e. The molecule has 1 N–H and O–H groups in total. The van der Waals surface area contributed by atoms with E-state index in [0.717, 1.165) is 43.0 Å². The highest BCUT2D eigenvalue weighted by atomic mass is 16.3. The first-order valence-electron chi connectivity index (χ1n) is 9.93. The molecule has 4 rings (SSSR count). The third-order valence-corrected chi connectivity index (χ3v) is 5.69. The fourth-order valence-corrected chi connectivity index (χ4v) is 4.35. The number of piperidine rings is 1. The molecule has 1 atom stereocenters. The summed E-state index contributed by atoms with van der Waals surface area (Å²) in [6, 6.07) is 11.4. The molecule has 144 valence electrons. The van der Waals surface area contributed by atoms with Gasteiger partial charge in [0, 0.05) is 24.2 Å². The van der Waals surface area contributed by atoms with Crippen LogP contribution in [0.15, 0.2) is 40.8 Å². The van der Waals surface area contributed by atoms with Crippen LogP contribution in [0.5, 0.6) is 0 Å². The van der Waals surface area contributed by atoms with Crippen molar-refractivity contribution in [2.75, 3.05) is 32.7 Å². The zero-order valence-electron chi connectivity index (χ0n) is 16.0. The number of hydrogen-bond donors (Lipinski definition) is 1. The van der Waals surface area contributed by atoms with E-state index >= 15 is 0 Å². The highest BCUT2D eigenvalue weighted by Gasteiger charge is 2.37. The van der Waals surface area contributed by atoms with Gasteiger partial charge in [-0.3, -0.25) is 4.79 Å². The van der Waals surface area contributed by atoms with Gasteiger partial charge in [-0.2, -0.15) is 0 Å². The lowest BCUT2D eigenvalue weighted by molar-refractivity contribution is -0.0431. The molecule has 2 aliphatic rings. The van der Waals surface area contributed by atoms with Crippen LogP contribution in [-0.2, 0) is 0 Å². The number of hydrogen-bond acceptors (Lipinski definition) is 4. The summed E-state index contributed by atoms with van der Waals surface area (Å²) >= 11 is 0. The molecule has 2 aromatic rings. The summed E-state index contributed by atoms with van der Waals surface area (Å²) < 4.78 is 5.69. The smallest absolute Gasteiger partial charge is 0.253 e. The zero-order valence-corrected chi connectivity index (χ0v) is 16.0. The summed E-state index contributed by atoms with van der Waals surface area (Å²) in [5.74, 6) is 1.61. The summed E-state index contributed by atoms with van der Waals surface area (Å²) in [7, 11) is 0. The first-order chi connectivity index (χ1) is 13.0. The molecule has 27 heavy (non-hydrogen) atoms. The van der Waals surface area contributed by atoms with Crippen molar-refractivity contribution in [2.45, 2.75) is 38.2 Å². The van der Waals surface area contributed by atoms with Gasteiger partial charge < -0.3 is 19.3 Å². The van der Waals surface area contributed by atoms with Gasteiger partial charge in [-0.05, 0) is 70.0 Å². The molecule has 0 spiro atoms. The minimum atomic E-state index is -0.798. The Morgan fingerprint density at radius 1 is 1.15 bits per heavy atom. The molecule has 2 fully saturated rings. The van der Waals surface area contributed by atoms with Gasteiger partial charge in [0.15, 0.2) is 0 Å². The van der Waals surface area contributed by atoms with Crippen molar-refractivity contribution in [3.63, 3.8) is 0 Å². The maximum Gasteiger partial charge on any atom is 0.253 e. The normalized spacial score (nSPS) is 23.7. The number of carbonyl (C=O) groups is 1. The maximum absolute atomic E-state index is 13.1. The quantitative estimate of drug-likeness (QED) is 0.899. The highest BCUT2D eigenvalue weighted by Crippen LogP contribution is 2.27. The Hall–Kier alpha value is -2.11. The van der Waals surface area contributed by atoms with Gasteiger partial charge >= 0.3 is 0 Å². The van der Waals surface area contributed by atoms with Crippen LogP contribution in [-0.4, -0.2) is 59.1 Å². The molecule has 3 heterocycles. The van der Waals surface area contributed by atoms with E-state index in [1.165, 1.54) is 12.8 Å². The van der Waals surface area contributed by atoms with Crippen LogP contribution in [0.3, 0.4) is 0 Å². The van der Waals surface area contributed by atoms with Crippen LogP contribution in [0.1, 0.15) is 41.8 Å². The summed E-state index contributed by atoms with van der Waals surface area (Å²) in [4.78, 5) is 17.2. The molecule has 1 aromatic heterocycles. The molecule has 1 aromatic carbocycles. The number of nitrogens with zero attached hydrogens (tertiary/aromatic N) is 2. The first-order valence-corrected chi connectivity index (χ1v) is 9.93. The second kappa shape index (κ2) is 7.49. The van der Waals surface area contributed by atoms with E-state index in [1.807, 2.05) is 48.2 Å². The van der Waals surface area contributed by atoms with Gasteiger partial charge in [-0.1, -0.05) is 12.1 Å². The number of amides is 1. The second-order valence-electron chi connectivity index (χ2n) is 8.03. The highest BCUT2D eigenvalue weighted by molar-refractivity contribution is 5.95. The van der Waals surface area contributed by atoms with Crippen LogP contribution in [0.4, 0.5) is 0 Å². The molecule has 5 nitrogen and oxygen atoms in total. The molecule has 1 amide bonds.